The maximum Gasteiger partial charge on any atom is 0.339 e. The summed E-state index contributed by atoms with van der Waals surface area (Å²) in [5.41, 5.74) is 0.658. The van der Waals surface area contributed by atoms with Gasteiger partial charge in [0, 0.05) is 19.4 Å². The predicted octanol–water partition coefficient (Wildman–Crippen LogP) is 2.70. The molecule has 3 rings (SSSR count). The largest absolute Gasteiger partial charge is 0.478 e. The summed E-state index contributed by atoms with van der Waals surface area (Å²) in [5.74, 6) is 0.613. The van der Waals surface area contributed by atoms with E-state index in [1.165, 1.54) is 6.20 Å². The fraction of sp³-hybridized carbons (Fsp3) is 0.471. The number of carbonyl (C=O) groups excluding carboxylic acids is 1. The molecule has 1 atom stereocenters. The van der Waals surface area contributed by atoms with E-state index in [0.29, 0.717) is 25.1 Å². The van der Waals surface area contributed by atoms with Crippen LogP contribution < -0.4 is 0 Å². The zero-order valence-corrected chi connectivity index (χ0v) is 13.6. The lowest BCUT2D eigenvalue weighted by molar-refractivity contribution is -0.135. The number of rotatable bonds is 5. The molecule has 128 valence electrons. The highest BCUT2D eigenvalue weighted by Crippen LogP contribution is 2.32. The van der Waals surface area contributed by atoms with E-state index in [0.717, 1.165) is 30.8 Å². The Labute approximate surface area is 139 Å². The number of aromatic nitrogens is 2. The molecule has 2 aromatic heterocycles. The fourth-order valence-corrected chi connectivity index (χ4v) is 3.24. The smallest absolute Gasteiger partial charge is 0.339 e. The molecule has 0 aliphatic carbocycles. The van der Waals surface area contributed by atoms with Crippen LogP contribution in [0.3, 0.4) is 0 Å². The molecule has 1 aliphatic heterocycles. The van der Waals surface area contributed by atoms with Crippen molar-refractivity contribution in [1.29, 1.82) is 0 Å². The standard InChI is InChI=1S/C17H21N3O4/c1-11-5-6-12(24-11)7-8-15(21)20-9-3-2-4-14(20)16-13(17(22)23)10-18-19-16/h5-6,10,14H,2-4,7-9H2,1H3,(H,18,19)(H,22,23). The minimum absolute atomic E-state index is 0.0136. The summed E-state index contributed by atoms with van der Waals surface area (Å²) in [5, 5.41) is 15.9. The number of hydrogen-bond donors (Lipinski definition) is 2. The van der Waals surface area contributed by atoms with Gasteiger partial charge in [-0.05, 0) is 38.3 Å². The van der Waals surface area contributed by atoms with Crippen molar-refractivity contribution in [2.75, 3.05) is 6.54 Å². The molecule has 3 heterocycles. The van der Waals surface area contributed by atoms with Gasteiger partial charge in [-0.15, -0.1) is 0 Å². The molecule has 1 unspecified atom stereocenters. The first-order valence-electron chi connectivity index (χ1n) is 8.17. The summed E-state index contributed by atoms with van der Waals surface area (Å²) in [6.07, 6.45) is 4.84. The summed E-state index contributed by atoms with van der Waals surface area (Å²) in [6.45, 7) is 2.51. The van der Waals surface area contributed by atoms with Crippen LogP contribution in [0.4, 0.5) is 0 Å². The van der Waals surface area contributed by atoms with Crippen molar-refractivity contribution in [3.05, 3.63) is 41.1 Å². The van der Waals surface area contributed by atoms with Gasteiger partial charge in [0.1, 0.15) is 17.1 Å². The summed E-state index contributed by atoms with van der Waals surface area (Å²) in [6, 6.07) is 3.51. The maximum atomic E-state index is 12.7. The molecule has 0 radical (unpaired) electrons. The van der Waals surface area contributed by atoms with Gasteiger partial charge in [0.15, 0.2) is 0 Å². The van der Waals surface area contributed by atoms with Crippen molar-refractivity contribution in [1.82, 2.24) is 15.1 Å². The molecule has 1 aliphatic rings. The number of nitrogens with one attached hydrogen (secondary N) is 1. The summed E-state index contributed by atoms with van der Waals surface area (Å²) in [7, 11) is 0. The monoisotopic (exact) mass is 331 g/mol. The van der Waals surface area contributed by atoms with E-state index in [1.807, 2.05) is 19.1 Å². The average molecular weight is 331 g/mol. The van der Waals surface area contributed by atoms with E-state index < -0.39 is 5.97 Å². The van der Waals surface area contributed by atoms with Crippen LogP contribution in [0.5, 0.6) is 0 Å². The number of nitrogens with zero attached hydrogens (tertiary/aromatic N) is 2. The van der Waals surface area contributed by atoms with Crippen molar-refractivity contribution < 1.29 is 19.1 Å². The van der Waals surface area contributed by atoms with E-state index in [2.05, 4.69) is 10.2 Å². The van der Waals surface area contributed by atoms with Gasteiger partial charge in [0.2, 0.25) is 5.91 Å². The Morgan fingerprint density at radius 3 is 2.96 bits per heavy atom. The number of amides is 1. The number of hydrogen-bond acceptors (Lipinski definition) is 4. The van der Waals surface area contributed by atoms with E-state index in [-0.39, 0.29) is 17.5 Å². The maximum absolute atomic E-state index is 12.7. The Kier molecular flexibility index (Phi) is 4.69. The first-order valence-corrected chi connectivity index (χ1v) is 8.17. The Bertz CT molecular complexity index is 734. The number of aromatic carboxylic acids is 1. The van der Waals surface area contributed by atoms with Crippen molar-refractivity contribution in [2.24, 2.45) is 0 Å². The number of furan rings is 1. The molecule has 1 saturated heterocycles. The van der Waals surface area contributed by atoms with E-state index >= 15 is 0 Å². The fourth-order valence-electron chi connectivity index (χ4n) is 3.24. The summed E-state index contributed by atoms with van der Waals surface area (Å²) < 4.78 is 5.51. The third-order valence-corrected chi connectivity index (χ3v) is 4.44. The van der Waals surface area contributed by atoms with Crippen LogP contribution in [-0.4, -0.2) is 38.6 Å². The van der Waals surface area contributed by atoms with Crippen LogP contribution in [0.15, 0.2) is 22.7 Å². The van der Waals surface area contributed by atoms with Gasteiger partial charge in [-0.25, -0.2) is 4.79 Å². The molecule has 2 N–H and O–H groups in total. The van der Waals surface area contributed by atoms with Crippen LogP contribution in [0.25, 0.3) is 0 Å². The van der Waals surface area contributed by atoms with E-state index in [4.69, 9.17) is 4.42 Å². The lowest BCUT2D eigenvalue weighted by Crippen LogP contribution is -2.39. The molecule has 7 nitrogen and oxygen atoms in total. The normalized spacial score (nSPS) is 17.9. The Balaban J connectivity index is 1.72. The molecule has 7 heteroatoms. The number of carboxylic acids is 1. The molecule has 24 heavy (non-hydrogen) atoms. The molecule has 0 spiro atoms. The first-order chi connectivity index (χ1) is 11.6. The minimum atomic E-state index is -1.03. The van der Waals surface area contributed by atoms with Crippen LogP contribution >= 0.6 is 0 Å². The minimum Gasteiger partial charge on any atom is -0.478 e. The highest BCUT2D eigenvalue weighted by Gasteiger charge is 2.31. The molecule has 1 amide bonds. The number of aryl methyl sites for hydroxylation is 2. The zero-order valence-electron chi connectivity index (χ0n) is 13.6. The predicted molar refractivity (Wildman–Crippen MR) is 85.6 cm³/mol. The van der Waals surface area contributed by atoms with Gasteiger partial charge < -0.3 is 14.4 Å². The second-order valence-corrected chi connectivity index (χ2v) is 6.11. The van der Waals surface area contributed by atoms with Gasteiger partial charge in [0.25, 0.3) is 0 Å². The topological polar surface area (TPSA) is 99.4 Å². The molecule has 2 aromatic rings. The van der Waals surface area contributed by atoms with Crippen LogP contribution in [0.1, 0.15) is 59.3 Å². The van der Waals surface area contributed by atoms with Gasteiger partial charge in [0.05, 0.1) is 17.9 Å². The van der Waals surface area contributed by atoms with E-state index in [1.54, 1.807) is 4.90 Å². The van der Waals surface area contributed by atoms with Crippen molar-refractivity contribution in [3.8, 4) is 0 Å². The number of piperidine rings is 1. The van der Waals surface area contributed by atoms with Gasteiger partial charge in [-0.3, -0.25) is 9.89 Å². The number of H-pyrrole nitrogens is 1. The first kappa shape index (κ1) is 16.3. The van der Waals surface area contributed by atoms with Crippen LogP contribution in [-0.2, 0) is 11.2 Å². The highest BCUT2D eigenvalue weighted by atomic mass is 16.4. The zero-order chi connectivity index (χ0) is 17.1. The van der Waals surface area contributed by atoms with Gasteiger partial charge >= 0.3 is 5.97 Å². The molecule has 1 fully saturated rings. The van der Waals surface area contributed by atoms with Crippen LogP contribution in [0.2, 0.25) is 0 Å². The third kappa shape index (κ3) is 3.34. The van der Waals surface area contributed by atoms with Crippen molar-refractivity contribution in [2.45, 2.75) is 45.1 Å². The van der Waals surface area contributed by atoms with E-state index in [9.17, 15) is 14.7 Å². The summed E-state index contributed by atoms with van der Waals surface area (Å²) in [4.78, 5) is 25.8. The number of aromatic amines is 1. The second kappa shape index (κ2) is 6.90. The number of carbonyl (C=O) groups is 2. The Morgan fingerprint density at radius 2 is 2.25 bits per heavy atom. The molecule has 0 aromatic carbocycles. The van der Waals surface area contributed by atoms with Crippen LogP contribution in [0, 0.1) is 6.92 Å². The molecule has 0 saturated carbocycles. The highest BCUT2D eigenvalue weighted by molar-refractivity contribution is 5.89. The summed E-state index contributed by atoms with van der Waals surface area (Å²) >= 11 is 0. The van der Waals surface area contributed by atoms with Gasteiger partial charge in [-0.2, -0.15) is 5.10 Å². The third-order valence-electron chi connectivity index (χ3n) is 4.44. The average Bonchev–Trinajstić information content (AvgIpc) is 3.21. The van der Waals surface area contributed by atoms with Gasteiger partial charge in [-0.1, -0.05) is 0 Å². The molecule has 0 bridgehead atoms. The number of likely N-dealkylation sites (tertiary alicyclic amines) is 1. The lowest BCUT2D eigenvalue weighted by Gasteiger charge is -2.35. The molecular weight excluding hydrogens is 310 g/mol. The Hall–Kier alpha value is -2.57. The quantitative estimate of drug-likeness (QED) is 0.877. The second-order valence-electron chi connectivity index (χ2n) is 6.11. The SMILES string of the molecule is Cc1ccc(CCC(=O)N2CCCCC2c2[nH]ncc2C(=O)O)o1. The Morgan fingerprint density at radius 1 is 1.42 bits per heavy atom. The van der Waals surface area contributed by atoms with Crippen molar-refractivity contribution in [3.63, 3.8) is 0 Å². The lowest BCUT2D eigenvalue weighted by atomic mass is 9.96. The number of carboxylic acid groups (broad SMARTS) is 1. The van der Waals surface area contributed by atoms with Crippen molar-refractivity contribution >= 4 is 11.9 Å². The molecular formula is C17H21N3O4.